The molecule has 8 nitrogen and oxygen atoms in total. The normalized spacial score (nSPS) is 18.6. The van der Waals surface area contributed by atoms with Gasteiger partial charge in [0.25, 0.3) is 30.5 Å². The molecule has 1 aliphatic carbocycles. The number of aromatic nitrogens is 2. The van der Waals surface area contributed by atoms with E-state index in [4.69, 9.17) is 13.3 Å². The SMILES string of the molecule is CC(C)C[Si](OCC1CC(CO[Si](CC(C)C)(c2ccccc2)c2ccccc2)(n2ccc(=O)[nH]c2=O)C1(O)CO[Si](CC(C)C)(c1ccccc1)c1ccccc1)(c1ccccc1)c1ccccc1. The minimum atomic E-state index is -3.16. The van der Waals surface area contributed by atoms with Crippen LogP contribution in [0.15, 0.2) is 204 Å². The predicted octanol–water partition coefficient (Wildman–Crippen LogP) is 7.28. The number of hydrogen-bond donors (Lipinski definition) is 2. The average molecular weight is 987 g/mol. The monoisotopic (exact) mass is 986 g/mol. The zero-order chi connectivity index (χ0) is 49.4. The highest BCUT2D eigenvalue weighted by Gasteiger charge is 2.68. The molecule has 0 spiro atoms. The Morgan fingerprint density at radius 1 is 0.500 bits per heavy atom. The van der Waals surface area contributed by atoms with Crippen molar-refractivity contribution in [1.29, 1.82) is 0 Å². The molecule has 70 heavy (non-hydrogen) atoms. The average Bonchev–Trinajstić information content (AvgIpc) is 3.37. The summed E-state index contributed by atoms with van der Waals surface area (Å²) in [5, 5.41) is 21.2. The third-order valence-corrected chi connectivity index (χ3v) is 28.2. The van der Waals surface area contributed by atoms with Crippen molar-refractivity contribution in [2.24, 2.45) is 23.7 Å². The lowest BCUT2D eigenvalue weighted by Gasteiger charge is -2.62. The van der Waals surface area contributed by atoms with Crippen molar-refractivity contribution in [2.75, 3.05) is 19.8 Å². The van der Waals surface area contributed by atoms with Gasteiger partial charge in [0.05, 0.1) is 13.2 Å². The van der Waals surface area contributed by atoms with Crippen molar-refractivity contribution < 1.29 is 18.4 Å². The number of aliphatic hydroxyl groups is 1. The van der Waals surface area contributed by atoms with Gasteiger partial charge in [-0.3, -0.25) is 14.3 Å². The molecule has 0 saturated heterocycles. The van der Waals surface area contributed by atoms with Gasteiger partial charge in [0.1, 0.15) is 11.1 Å². The van der Waals surface area contributed by atoms with Crippen LogP contribution in [0.4, 0.5) is 0 Å². The molecule has 1 fully saturated rings. The molecule has 1 aliphatic rings. The number of nitrogens with one attached hydrogen (secondary N) is 1. The second kappa shape index (κ2) is 21.9. The first kappa shape index (κ1) is 50.9. The van der Waals surface area contributed by atoms with E-state index in [0.29, 0.717) is 12.3 Å². The fourth-order valence-corrected chi connectivity index (χ4v) is 24.4. The summed E-state index contributed by atoms with van der Waals surface area (Å²) >= 11 is 0. The van der Waals surface area contributed by atoms with Crippen molar-refractivity contribution in [3.05, 3.63) is 215 Å². The van der Waals surface area contributed by atoms with Gasteiger partial charge in [-0.2, -0.15) is 0 Å². The molecule has 8 rings (SSSR count). The predicted molar refractivity (Wildman–Crippen MR) is 293 cm³/mol. The molecule has 0 amide bonds. The molecular formula is C59H70N2O6Si3. The van der Waals surface area contributed by atoms with Gasteiger partial charge >= 0.3 is 5.69 Å². The van der Waals surface area contributed by atoms with Gasteiger partial charge in [0.2, 0.25) is 0 Å². The van der Waals surface area contributed by atoms with Crippen molar-refractivity contribution in [2.45, 2.75) is 77.2 Å². The molecular weight excluding hydrogens is 917 g/mol. The Hall–Kier alpha value is -5.51. The molecule has 0 aliphatic heterocycles. The highest BCUT2D eigenvalue weighted by Crippen LogP contribution is 2.54. The fourth-order valence-electron chi connectivity index (χ4n) is 11.3. The van der Waals surface area contributed by atoms with E-state index in [-0.39, 0.29) is 31.7 Å². The number of H-pyrrole nitrogens is 1. The van der Waals surface area contributed by atoms with E-state index in [0.717, 1.165) is 49.3 Å². The lowest BCUT2D eigenvalue weighted by molar-refractivity contribution is -0.241. The number of aromatic amines is 1. The quantitative estimate of drug-likeness (QED) is 0.0693. The number of hydrogen-bond acceptors (Lipinski definition) is 6. The third-order valence-electron chi connectivity index (χ3n) is 14.5. The molecule has 1 aromatic heterocycles. The van der Waals surface area contributed by atoms with Crippen molar-refractivity contribution in [1.82, 2.24) is 9.55 Å². The van der Waals surface area contributed by atoms with Gasteiger partial charge in [-0.15, -0.1) is 0 Å². The van der Waals surface area contributed by atoms with Crippen LogP contribution in [-0.4, -0.2) is 65.0 Å². The second-order valence-corrected chi connectivity index (χ2v) is 31.2. The van der Waals surface area contributed by atoms with Crippen LogP contribution in [0.25, 0.3) is 0 Å². The summed E-state index contributed by atoms with van der Waals surface area (Å²) in [6.45, 7) is 13.4. The van der Waals surface area contributed by atoms with E-state index in [2.05, 4.69) is 192 Å². The highest BCUT2D eigenvalue weighted by atomic mass is 28.4. The van der Waals surface area contributed by atoms with Gasteiger partial charge < -0.3 is 18.4 Å². The van der Waals surface area contributed by atoms with E-state index in [9.17, 15) is 14.7 Å². The number of rotatable bonds is 22. The minimum Gasteiger partial charge on any atom is -0.407 e. The largest absolute Gasteiger partial charge is 0.407 e. The summed E-state index contributed by atoms with van der Waals surface area (Å²) in [6, 6.07) is 66.7. The Balaban J connectivity index is 1.33. The fraction of sp³-hybridized carbons (Fsp3) is 0.322. The topological polar surface area (TPSA) is 103 Å². The lowest BCUT2D eigenvalue weighted by Crippen LogP contribution is -2.79. The smallest absolute Gasteiger partial charge is 0.329 e. The molecule has 2 N–H and O–H groups in total. The van der Waals surface area contributed by atoms with Crippen LogP contribution in [-0.2, 0) is 18.8 Å². The highest BCUT2D eigenvalue weighted by molar-refractivity contribution is 6.98. The van der Waals surface area contributed by atoms with Crippen LogP contribution in [0.1, 0.15) is 48.0 Å². The van der Waals surface area contributed by atoms with Crippen molar-refractivity contribution in [3.63, 3.8) is 0 Å². The zero-order valence-electron chi connectivity index (χ0n) is 41.7. The summed E-state index contributed by atoms with van der Waals surface area (Å²) in [6.07, 6.45) is 1.86. The van der Waals surface area contributed by atoms with E-state index >= 15 is 0 Å². The standard InChI is InChI=1S/C59H70N2O6Si3/c1-46(2)41-68(50-25-13-7-14-26-50,51-27-15-8-16-28-51)65-40-49-39-58(61-38-37-56(62)60-57(61)63,44-66-69(42-47(3)4,52-29-17-9-18-30-52)53-31-19-10-20-32-53)59(49,64)45-67-70(43-48(5)6,54-33-21-11-22-34-54)55-35-23-12-24-36-55/h7-38,46-49,64H,39-45H2,1-6H3,(H,60,62,63). The third kappa shape index (κ3) is 10.2. The van der Waals surface area contributed by atoms with E-state index in [1.54, 1.807) is 10.8 Å². The molecule has 7 aromatic rings. The Morgan fingerprint density at radius 2 is 0.814 bits per heavy atom. The van der Waals surface area contributed by atoms with Gasteiger partial charge in [0, 0.05) is 24.8 Å². The van der Waals surface area contributed by atoms with E-state index < -0.39 is 53.3 Å². The molecule has 6 aromatic carbocycles. The lowest BCUT2D eigenvalue weighted by atomic mass is 9.55. The Labute approximate surface area is 417 Å². The maximum Gasteiger partial charge on any atom is 0.329 e. The summed E-state index contributed by atoms with van der Waals surface area (Å²) in [5.74, 6) is 0.277. The van der Waals surface area contributed by atoms with Crippen LogP contribution in [0.2, 0.25) is 18.1 Å². The van der Waals surface area contributed by atoms with Crippen molar-refractivity contribution >= 4 is 56.1 Å². The molecule has 0 radical (unpaired) electrons. The number of benzene rings is 6. The molecule has 1 saturated carbocycles. The van der Waals surface area contributed by atoms with Crippen molar-refractivity contribution in [3.8, 4) is 0 Å². The molecule has 364 valence electrons. The second-order valence-electron chi connectivity index (χ2n) is 20.7. The van der Waals surface area contributed by atoms with Gasteiger partial charge in [-0.1, -0.05) is 224 Å². The molecule has 11 heteroatoms. The first-order valence-electron chi connectivity index (χ1n) is 25.1. The van der Waals surface area contributed by atoms with Crippen LogP contribution in [0.3, 0.4) is 0 Å². The Morgan fingerprint density at radius 3 is 1.13 bits per heavy atom. The minimum absolute atomic E-state index is 0.0284. The molecule has 0 bridgehead atoms. The van der Waals surface area contributed by atoms with Crippen LogP contribution in [0, 0.1) is 23.7 Å². The van der Waals surface area contributed by atoms with Crippen LogP contribution >= 0.6 is 0 Å². The first-order chi connectivity index (χ1) is 33.8. The summed E-state index contributed by atoms with van der Waals surface area (Å²) in [5.41, 5.74) is -4.29. The van der Waals surface area contributed by atoms with E-state index in [1.165, 1.54) is 6.07 Å². The van der Waals surface area contributed by atoms with Crippen LogP contribution < -0.4 is 42.4 Å². The summed E-state index contributed by atoms with van der Waals surface area (Å²) in [7, 11) is -9.29. The maximum absolute atomic E-state index is 14.6. The maximum atomic E-state index is 14.6. The van der Waals surface area contributed by atoms with E-state index in [1.807, 2.05) is 36.4 Å². The molecule has 1 heterocycles. The van der Waals surface area contributed by atoms with Crippen LogP contribution in [0.5, 0.6) is 0 Å². The van der Waals surface area contributed by atoms with Gasteiger partial charge in [0.15, 0.2) is 0 Å². The van der Waals surface area contributed by atoms with Gasteiger partial charge in [-0.25, -0.2) is 4.79 Å². The summed E-state index contributed by atoms with van der Waals surface area (Å²) < 4.78 is 24.7. The molecule has 3 atom stereocenters. The summed E-state index contributed by atoms with van der Waals surface area (Å²) in [4.78, 5) is 30.1. The zero-order valence-corrected chi connectivity index (χ0v) is 44.7. The Kier molecular flexibility index (Phi) is 15.9. The van der Waals surface area contributed by atoms with Gasteiger partial charge in [-0.05, 0) is 73.4 Å². The molecule has 3 unspecified atom stereocenters. The Bertz CT molecular complexity index is 2730. The first-order valence-corrected chi connectivity index (χ1v) is 31.4. The number of nitrogens with zero attached hydrogens (tertiary/aromatic N) is 1.